The minimum absolute atomic E-state index is 0.268. The maximum atomic E-state index is 11.4. The van der Waals surface area contributed by atoms with Crippen LogP contribution in [0, 0.1) is 0 Å². The van der Waals surface area contributed by atoms with Gasteiger partial charge in [0.25, 0.3) is 0 Å². The van der Waals surface area contributed by atoms with E-state index in [1.807, 2.05) is 0 Å². The van der Waals surface area contributed by atoms with Gasteiger partial charge in [-0.2, -0.15) is 12.6 Å². The predicted molar refractivity (Wildman–Crippen MR) is 66.9 cm³/mol. The lowest BCUT2D eigenvalue weighted by molar-refractivity contribution is -0.116. The van der Waals surface area contributed by atoms with Crippen LogP contribution in [0.4, 0.5) is 5.69 Å². The van der Waals surface area contributed by atoms with Crippen LogP contribution in [0.25, 0.3) is 0 Å². The quantitative estimate of drug-likeness (QED) is 0.734. The number of carbonyl (C=O) groups is 1. The summed E-state index contributed by atoms with van der Waals surface area (Å²) in [5.41, 5.74) is 5.94. The summed E-state index contributed by atoms with van der Waals surface area (Å²) in [7, 11) is 0. The Morgan fingerprint density at radius 1 is 1.53 bits per heavy atom. The average Bonchev–Trinajstić information content (AvgIpc) is 2.23. The molecule has 1 atom stereocenters. The summed E-state index contributed by atoms with van der Waals surface area (Å²) in [6.07, 6.45) is 0. The van der Waals surface area contributed by atoms with Crippen molar-refractivity contribution >= 4 is 47.4 Å². The molecule has 15 heavy (non-hydrogen) atoms. The van der Waals surface area contributed by atoms with E-state index in [1.54, 1.807) is 18.2 Å². The number of benzene rings is 1. The Morgan fingerprint density at radius 2 is 2.20 bits per heavy atom. The minimum atomic E-state index is -0.664. The van der Waals surface area contributed by atoms with Crippen LogP contribution in [-0.4, -0.2) is 17.7 Å². The van der Waals surface area contributed by atoms with Crippen molar-refractivity contribution in [3.05, 3.63) is 28.2 Å². The second kappa shape index (κ2) is 5.61. The highest BCUT2D eigenvalue weighted by Crippen LogP contribution is 2.29. The molecule has 0 bridgehead atoms. The topological polar surface area (TPSA) is 55.1 Å². The van der Waals surface area contributed by atoms with Gasteiger partial charge in [-0.05, 0) is 12.1 Å². The maximum absolute atomic E-state index is 11.4. The van der Waals surface area contributed by atoms with Gasteiger partial charge < -0.3 is 11.1 Å². The first kappa shape index (κ1) is 12.6. The first-order valence-corrected chi connectivity index (χ1v) is 5.56. The van der Waals surface area contributed by atoms with Crippen LogP contribution in [0.2, 0.25) is 10.0 Å². The highest BCUT2D eigenvalue weighted by molar-refractivity contribution is 7.80. The van der Waals surface area contributed by atoms with Crippen molar-refractivity contribution < 1.29 is 4.79 Å². The molecule has 3 N–H and O–H groups in total. The summed E-state index contributed by atoms with van der Waals surface area (Å²) in [6.45, 7) is 0. The zero-order chi connectivity index (χ0) is 11.4. The number of anilines is 1. The van der Waals surface area contributed by atoms with Gasteiger partial charge in [0.15, 0.2) is 0 Å². The maximum Gasteiger partial charge on any atom is 0.242 e. The SMILES string of the molecule is NC(CS)C(=O)Nc1cccc(Cl)c1Cl. The summed E-state index contributed by atoms with van der Waals surface area (Å²) in [4.78, 5) is 11.4. The second-order valence-electron chi connectivity index (χ2n) is 2.88. The minimum Gasteiger partial charge on any atom is -0.323 e. The lowest BCUT2D eigenvalue weighted by atomic mass is 10.3. The molecule has 1 amide bonds. The van der Waals surface area contributed by atoms with E-state index >= 15 is 0 Å². The smallest absolute Gasteiger partial charge is 0.242 e. The van der Waals surface area contributed by atoms with Crippen molar-refractivity contribution in [3.63, 3.8) is 0 Å². The van der Waals surface area contributed by atoms with Gasteiger partial charge in [0.05, 0.1) is 21.8 Å². The molecule has 0 aliphatic carbocycles. The average molecular weight is 265 g/mol. The predicted octanol–water partition coefficient (Wildman–Crippen LogP) is 2.19. The summed E-state index contributed by atoms with van der Waals surface area (Å²) < 4.78 is 0. The fourth-order valence-corrected chi connectivity index (χ4v) is 1.42. The lowest BCUT2D eigenvalue weighted by Crippen LogP contribution is -2.37. The van der Waals surface area contributed by atoms with Crippen molar-refractivity contribution in [2.45, 2.75) is 6.04 Å². The lowest BCUT2D eigenvalue weighted by Gasteiger charge is -2.11. The van der Waals surface area contributed by atoms with Gasteiger partial charge in [0.1, 0.15) is 0 Å². The number of halogens is 2. The van der Waals surface area contributed by atoms with E-state index in [1.165, 1.54) is 0 Å². The fraction of sp³-hybridized carbons (Fsp3) is 0.222. The van der Waals surface area contributed by atoms with E-state index in [2.05, 4.69) is 17.9 Å². The van der Waals surface area contributed by atoms with E-state index in [0.29, 0.717) is 15.7 Å². The Hall–Kier alpha value is -0.420. The highest BCUT2D eigenvalue weighted by atomic mass is 35.5. The molecule has 82 valence electrons. The summed E-state index contributed by atoms with van der Waals surface area (Å²) in [5, 5.41) is 3.26. The molecule has 0 saturated heterocycles. The number of rotatable bonds is 3. The molecule has 0 saturated carbocycles. The molecule has 0 heterocycles. The third-order valence-corrected chi connectivity index (χ3v) is 2.96. The summed E-state index contributed by atoms with van der Waals surface area (Å²) in [6, 6.07) is 4.31. The molecule has 1 aromatic rings. The van der Waals surface area contributed by atoms with Crippen LogP contribution >= 0.6 is 35.8 Å². The van der Waals surface area contributed by atoms with Crippen LogP contribution < -0.4 is 11.1 Å². The molecule has 0 aliphatic rings. The van der Waals surface area contributed by atoms with Crippen molar-refractivity contribution in [1.29, 1.82) is 0 Å². The molecule has 0 aromatic heterocycles. The molecular weight excluding hydrogens is 255 g/mol. The molecule has 0 aliphatic heterocycles. The van der Waals surface area contributed by atoms with E-state index in [9.17, 15) is 4.79 Å². The van der Waals surface area contributed by atoms with E-state index in [4.69, 9.17) is 28.9 Å². The number of thiol groups is 1. The van der Waals surface area contributed by atoms with E-state index < -0.39 is 6.04 Å². The monoisotopic (exact) mass is 264 g/mol. The molecule has 0 fully saturated rings. The number of nitrogens with two attached hydrogens (primary N) is 1. The van der Waals surface area contributed by atoms with Crippen LogP contribution in [-0.2, 0) is 4.79 Å². The molecular formula is C9H10Cl2N2OS. The zero-order valence-corrected chi connectivity index (χ0v) is 10.1. The first-order chi connectivity index (χ1) is 7.06. The van der Waals surface area contributed by atoms with E-state index in [0.717, 1.165) is 0 Å². The van der Waals surface area contributed by atoms with Gasteiger partial charge in [0, 0.05) is 5.75 Å². The molecule has 0 radical (unpaired) electrons. The Morgan fingerprint density at radius 3 is 2.80 bits per heavy atom. The van der Waals surface area contributed by atoms with Crippen molar-refractivity contribution in [2.75, 3.05) is 11.1 Å². The van der Waals surface area contributed by atoms with Gasteiger partial charge >= 0.3 is 0 Å². The number of amides is 1. The number of hydrogen-bond donors (Lipinski definition) is 3. The van der Waals surface area contributed by atoms with Crippen LogP contribution in [0.5, 0.6) is 0 Å². The van der Waals surface area contributed by atoms with Gasteiger partial charge in [-0.3, -0.25) is 4.79 Å². The van der Waals surface area contributed by atoms with Gasteiger partial charge in [0.2, 0.25) is 5.91 Å². The summed E-state index contributed by atoms with van der Waals surface area (Å²) in [5.74, 6) is -0.0709. The summed E-state index contributed by atoms with van der Waals surface area (Å²) >= 11 is 15.6. The standard InChI is InChI=1S/C9H10Cl2N2OS/c10-5-2-1-3-7(8(5)11)13-9(14)6(12)4-15/h1-3,6,15H,4,12H2,(H,13,14). The van der Waals surface area contributed by atoms with Crippen molar-refractivity contribution in [2.24, 2.45) is 5.73 Å². The molecule has 1 aromatic carbocycles. The van der Waals surface area contributed by atoms with Crippen LogP contribution in [0.3, 0.4) is 0 Å². The number of hydrogen-bond acceptors (Lipinski definition) is 3. The van der Waals surface area contributed by atoms with Crippen molar-refractivity contribution in [1.82, 2.24) is 0 Å². The third-order valence-electron chi connectivity index (χ3n) is 1.74. The Bertz CT molecular complexity index is 373. The normalized spacial score (nSPS) is 12.3. The van der Waals surface area contributed by atoms with Crippen LogP contribution in [0.1, 0.15) is 0 Å². The number of carbonyl (C=O) groups excluding carboxylic acids is 1. The molecule has 0 spiro atoms. The van der Waals surface area contributed by atoms with Gasteiger partial charge in [-0.1, -0.05) is 29.3 Å². The fourth-order valence-electron chi connectivity index (χ4n) is 0.909. The van der Waals surface area contributed by atoms with Gasteiger partial charge in [-0.15, -0.1) is 0 Å². The van der Waals surface area contributed by atoms with Crippen LogP contribution in [0.15, 0.2) is 18.2 Å². The Balaban J connectivity index is 2.81. The Labute approximate surface area is 103 Å². The molecule has 1 unspecified atom stereocenters. The largest absolute Gasteiger partial charge is 0.323 e. The molecule has 6 heteroatoms. The number of nitrogens with one attached hydrogen (secondary N) is 1. The third kappa shape index (κ3) is 3.28. The molecule has 3 nitrogen and oxygen atoms in total. The first-order valence-electron chi connectivity index (χ1n) is 4.17. The van der Waals surface area contributed by atoms with E-state index in [-0.39, 0.29) is 11.7 Å². The zero-order valence-electron chi connectivity index (χ0n) is 7.71. The second-order valence-corrected chi connectivity index (χ2v) is 4.03. The molecule has 1 rings (SSSR count). The Kier molecular flexibility index (Phi) is 4.73. The van der Waals surface area contributed by atoms with Gasteiger partial charge in [-0.25, -0.2) is 0 Å². The van der Waals surface area contributed by atoms with Crippen molar-refractivity contribution in [3.8, 4) is 0 Å². The highest BCUT2D eigenvalue weighted by Gasteiger charge is 2.13.